The van der Waals surface area contributed by atoms with Crippen LogP contribution in [0.3, 0.4) is 0 Å². The Hall–Kier alpha value is -2.76. The fourth-order valence-electron chi connectivity index (χ4n) is 2.48. The van der Waals surface area contributed by atoms with Crippen molar-refractivity contribution in [1.29, 1.82) is 0 Å². The first-order valence-electron chi connectivity index (χ1n) is 6.31. The van der Waals surface area contributed by atoms with E-state index in [0.29, 0.717) is 17.4 Å². The molecule has 6 heteroatoms. The second kappa shape index (κ2) is 4.12. The van der Waals surface area contributed by atoms with E-state index in [1.807, 2.05) is 12.1 Å². The van der Waals surface area contributed by atoms with E-state index in [-0.39, 0.29) is 11.7 Å². The highest BCUT2D eigenvalue weighted by Gasteiger charge is 2.31. The molecular weight excluding hydrogens is 254 g/mol. The summed E-state index contributed by atoms with van der Waals surface area (Å²) in [5.74, 6) is 1.47. The lowest BCUT2D eigenvalue weighted by molar-refractivity contribution is 0.415. The molecule has 20 heavy (non-hydrogen) atoms. The maximum absolute atomic E-state index is 5.76. The van der Waals surface area contributed by atoms with Crippen molar-refractivity contribution in [3.63, 3.8) is 0 Å². The molecule has 1 unspecified atom stereocenters. The smallest absolute Gasteiger partial charge is 0.280 e. The van der Waals surface area contributed by atoms with Gasteiger partial charge in [-0.3, -0.25) is 0 Å². The summed E-state index contributed by atoms with van der Waals surface area (Å²) in [4.78, 5) is 12.5. The van der Waals surface area contributed by atoms with Crippen molar-refractivity contribution in [2.75, 3.05) is 5.73 Å². The van der Waals surface area contributed by atoms with Crippen molar-refractivity contribution in [2.24, 2.45) is 0 Å². The summed E-state index contributed by atoms with van der Waals surface area (Å²) in [5, 5.41) is 4.05. The van der Waals surface area contributed by atoms with Gasteiger partial charge < -0.3 is 10.3 Å². The molecule has 3 aromatic rings. The monoisotopic (exact) mass is 265 g/mol. The first-order chi connectivity index (χ1) is 9.83. The molecule has 0 spiro atoms. The average molecular weight is 265 g/mol. The number of benzene rings is 1. The third-order valence-corrected chi connectivity index (χ3v) is 3.54. The Kier molecular flexibility index (Phi) is 2.29. The van der Waals surface area contributed by atoms with Crippen molar-refractivity contribution in [3.05, 3.63) is 53.6 Å². The average Bonchev–Trinajstić information content (AvgIpc) is 2.90. The van der Waals surface area contributed by atoms with Crippen LogP contribution in [0, 0.1) is 0 Å². The van der Waals surface area contributed by atoms with Gasteiger partial charge in [-0.2, -0.15) is 4.98 Å². The lowest BCUT2D eigenvalue weighted by Crippen LogP contribution is -2.19. The van der Waals surface area contributed by atoms with Crippen molar-refractivity contribution in [1.82, 2.24) is 20.1 Å². The first-order valence-corrected chi connectivity index (χ1v) is 6.31. The summed E-state index contributed by atoms with van der Waals surface area (Å²) in [6.45, 7) is 0. The van der Waals surface area contributed by atoms with Crippen LogP contribution in [-0.2, 0) is 6.42 Å². The third-order valence-electron chi connectivity index (χ3n) is 3.54. The van der Waals surface area contributed by atoms with Crippen LogP contribution in [0.25, 0.3) is 11.6 Å². The lowest BCUT2D eigenvalue weighted by atomic mass is 9.77. The number of hydrogen-bond acceptors (Lipinski definition) is 6. The van der Waals surface area contributed by atoms with E-state index in [2.05, 4.69) is 32.2 Å². The van der Waals surface area contributed by atoms with Crippen molar-refractivity contribution in [2.45, 2.75) is 12.3 Å². The standard InChI is InChI=1S/C14H11N5O/c15-12-11(16-5-6-17-12)14-18-13(19-20-14)10-7-8-3-1-2-4-9(8)10/h1-6,10H,7H2,(H2,15,17). The van der Waals surface area contributed by atoms with Gasteiger partial charge in [0, 0.05) is 12.4 Å². The molecule has 1 aliphatic carbocycles. The Morgan fingerprint density at radius 1 is 1.15 bits per heavy atom. The molecule has 1 aliphatic rings. The van der Waals surface area contributed by atoms with Crippen LogP contribution in [0.5, 0.6) is 0 Å². The Bertz CT molecular complexity index is 782. The van der Waals surface area contributed by atoms with E-state index in [4.69, 9.17) is 10.3 Å². The van der Waals surface area contributed by atoms with Gasteiger partial charge in [-0.05, 0) is 17.5 Å². The molecule has 6 nitrogen and oxygen atoms in total. The predicted molar refractivity (Wildman–Crippen MR) is 71.7 cm³/mol. The number of aromatic nitrogens is 4. The summed E-state index contributed by atoms with van der Waals surface area (Å²) >= 11 is 0. The fourth-order valence-corrected chi connectivity index (χ4v) is 2.48. The largest absolute Gasteiger partial charge is 0.382 e. The van der Waals surface area contributed by atoms with Gasteiger partial charge in [0.2, 0.25) is 0 Å². The first kappa shape index (κ1) is 11.1. The molecular formula is C14H11N5O. The highest BCUT2D eigenvalue weighted by atomic mass is 16.5. The van der Waals surface area contributed by atoms with E-state index < -0.39 is 0 Å². The number of anilines is 1. The minimum absolute atomic E-state index is 0.196. The van der Waals surface area contributed by atoms with Crippen LogP contribution < -0.4 is 5.73 Å². The summed E-state index contributed by atoms with van der Waals surface area (Å²) in [6.07, 6.45) is 4.01. The molecule has 2 N–H and O–H groups in total. The Morgan fingerprint density at radius 3 is 2.85 bits per heavy atom. The number of nitrogen functional groups attached to an aromatic ring is 1. The zero-order valence-corrected chi connectivity index (χ0v) is 10.5. The van der Waals surface area contributed by atoms with Gasteiger partial charge in [0.05, 0.1) is 5.92 Å². The topological polar surface area (TPSA) is 90.7 Å². The van der Waals surface area contributed by atoms with Gasteiger partial charge in [-0.15, -0.1) is 0 Å². The minimum atomic E-state index is 0.196. The van der Waals surface area contributed by atoms with Crippen molar-refractivity contribution in [3.8, 4) is 11.6 Å². The second-order valence-corrected chi connectivity index (χ2v) is 4.70. The SMILES string of the molecule is Nc1nccnc1-c1nc(C2Cc3ccccc32)no1. The summed E-state index contributed by atoms with van der Waals surface area (Å²) in [6, 6.07) is 8.27. The van der Waals surface area contributed by atoms with Gasteiger partial charge in [-0.25, -0.2) is 9.97 Å². The van der Waals surface area contributed by atoms with E-state index in [0.717, 1.165) is 6.42 Å². The van der Waals surface area contributed by atoms with Crippen LogP contribution in [0.1, 0.15) is 22.9 Å². The highest BCUT2D eigenvalue weighted by Crippen LogP contribution is 2.39. The molecule has 0 saturated heterocycles. The zero-order valence-electron chi connectivity index (χ0n) is 10.5. The second-order valence-electron chi connectivity index (χ2n) is 4.70. The minimum Gasteiger partial charge on any atom is -0.382 e. The van der Waals surface area contributed by atoms with Crippen LogP contribution >= 0.6 is 0 Å². The number of nitrogens with zero attached hydrogens (tertiary/aromatic N) is 4. The zero-order chi connectivity index (χ0) is 13.5. The lowest BCUT2D eigenvalue weighted by Gasteiger charge is -2.27. The van der Waals surface area contributed by atoms with Gasteiger partial charge in [0.25, 0.3) is 5.89 Å². The third kappa shape index (κ3) is 1.58. The van der Waals surface area contributed by atoms with Gasteiger partial charge in [0.1, 0.15) is 0 Å². The normalized spacial score (nSPS) is 16.5. The molecule has 2 aromatic heterocycles. The molecule has 98 valence electrons. The maximum atomic E-state index is 5.76. The molecule has 2 heterocycles. The van der Waals surface area contributed by atoms with Crippen LogP contribution in [-0.4, -0.2) is 20.1 Å². The summed E-state index contributed by atoms with van der Waals surface area (Å²) in [7, 11) is 0. The molecule has 1 atom stereocenters. The van der Waals surface area contributed by atoms with E-state index in [9.17, 15) is 0 Å². The van der Waals surface area contributed by atoms with E-state index >= 15 is 0 Å². The molecule has 0 radical (unpaired) electrons. The fraction of sp³-hybridized carbons (Fsp3) is 0.143. The van der Waals surface area contributed by atoms with Crippen molar-refractivity contribution < 1.29 is 4.52 Å². The summed E-state index contributed by atoms with van der Waals surface area (Å²) in [5.41, 5.74) is 8.78. The van der Waals surface area contributed by atoms with Crippen LogP contribution in [0.4, 0.5) is 5.82 Å². The number of nitrogens with two attached hydrogens (primary N) is 1. The molecule has 0 saturated carbocycles. The molecule has 0 bridgehead atoms. The number of rotatable bonds is 2. The van der Waals surface area contributed by atoms with Gasteiger partial charge >= 0.3 is 0 Å². The molecule has 0 fully saturated rings. The molecule has 1 aromatic carbocycles. The summed E-state index contributed by atoms with van der Waals surface area (Å²) < 4.78 is 5.26. The Labute approximate surface area is 114 Å². The van der Waals surface area contributed by atoms with E-state index in [1.165, 1.54) is 17.3 Å². The quantitative estimate of drug-likeness (QED) is 0.759. The van der Waals surface area contributed by atoms with Gasteiger partial charge in [-0.1, -0.05) is 29.4 Å². The highest BCUT2D eigenvalue weighted by molar-refractivity contribution is 5.61. The number of hydrogen-bond donors (Lipinski definition) is 1. The Balaban J connectivity index is 1.69. The van der Waals surface area contributed by atoms with Gasteiger partial charge in [0.15, 0.2) is 17.3 Å². The van der Waals surface area contributed by atoms with Crippen molar-refractivity contribution >= 4 is 5.82 Å². The van der Waals surface area contributed by atoms with Crippen LogP contribution in [0.15, 0.2) is 41.2 Å². The van der Waals surface area contributed by atoms with E-state index in [1.54, 1.807) is 6.20 Å². The molecule has 4 rings (SSSR count). The Morgan fingerprint density at radius 2 is 2.00 bits per heavy atom. The number of fused-ring (bicyclic) bond motifs is 1. The predicted octanol–water partition coefficient (Wildman–Crippen LogP) is 1.80. The molecule has 0 amide bonds. The maximum Gasteiger partial charge on any atom is 0.280 e. The molecule has 0 aliphatic heterocycles. The van der Waals surface area contributed by atoms with Crippen LogP contribution in [0.2, 0.25) is 0 Å².